The van der Waals surface area contributed by atoms with Gasteiger partial charge < -0.3 is 19.3 Å². The van der Waals surface area contributed by atoms with Crippen LogP contribution >= 0.6 is 23.2 Å². The number of nitrogens with one attached hydrogen (secondary N) is 1. The average molecular weight is 426 g/mol. The van der Waals surface area contributed by atoms with E-state index in [9.17, 15) is 4.79 Å². The van der Waals surface area contributed by atoms with E-state index in [1.54, 1.807) is 18.2 Å². The third-order valence-corrected chi connectivity index (χ3v) is 5.72. The Kier molecular flexibility index (Phi) is 4.50. The van der Waals surface area contributed by atoms with Crippen molar-refractivity contribution in [1.82, 2.24) is 15.5 Å². The first-order valence-corrected chi connectivity index (χ1v) is 9.76. The van der Waals surface area contributed by atoms with Crippen LogP contribution in [0, 0.1) is 0 Å². The number of aromatic nitrogens is 2. The maximum absolute atomic E-state index is 12.0. The molecule has 5 rings (SSSR count). The molecule has 3 fully saturated rings. The lowest BCUT2D eigenvalue weighted by molar-refractivity contribution is -0.105. The van der Waals surface area contributed by atoms with Crippen molar-refractivity contribution in [2.45, 2.75) is 63.2 Å². The molecule has 0 radical (unpaired) electrons. The second kappa shape index (κ2) is 6.52. The molecule has 9 heteroatoms. The number of carbonyl (C=O) groups excluding carboxylic acids is 1. The summed E-state index contributed by atoms with van der Waals surface area (Å²) in [5.41, 5.74) is -0.877. The Bertz CT molecular complexity index is 902. The summed E-state index contributed by atoms with van der Waals surface area (Å²) in [4.78, 5) is 16.4. The van der Waals surface area contributed by atoms with Crippen LogP contribution in [0.25, 0.3) is 0 Å². The van der Waals surface area contributed by atoms with Crippen LogP contribution in [0.1, 0.15) is 51.7 Å². The number of amides is 1. The quantitative estimate of drug-likeness (QED) is 0.749. The molecule has 0 atom stereocenters. The first-order valence-electron chi connectivity index (χ1n) is 9.00. The Morgan fingerprint density at radius 1 is 1.25 bits per heavy atom. The van der Waals surface area contributed by atoms with E-state index < -0.39 is 5.60 Å². The lowest BCUT2D eigenvalue weighted by atomic mass is 9.39. The minimum absolute atomic E-state index is 0.149. The summed E-state index contributed by atoms with van der Waals surface area (Å²) in [5, 5.41) is 7.86. The van der Waals surface area contributed by atoms with Crippen molar-refractivity contribution in [3.05, 3.63) is 40.0 Å². The Morgan fingerprint density at radius 3 is 2.61 bits per heavy atom. The zero-order valence-electron chi connectivity index (χ0n) is 15.8. The fraction of sp³-hybridized carbons (Fsp3) is 0.526. The van der Waals surface area contributed by atoms with Crippen LogP contribution in [0.2, 0.25) is 10.0 Å². The molecule has 0 spiro atoms. The number of ether oxygens (including phenoxy) is 2. The molecule has 150 valence electrons. The van der Waals surface area contributed by atoms with Crippen molar-refractivity contribution >= 4 is 29.3 Å². The van der Waals surface area contributed by atoms with Gasteiger partial charge >= 0.3 is 6.09 Å². The molecule has 1 aromatic carbocycles. The number of halogens is 2. The standard InChI is InChI=1S/C19H21Cl2N3O4/c1-17(2,3)27-16(25)23-19-8-18(9-19,10-19)15-22-14(24-28-15)7-26-11-4-5-12(20)13(21)6-11/h4-6H,7-10H2,1-3H3,(H,23,25). The van der Waals surface area contributed by atoms with Crippen LogP contribution in [0.3, 0.4) is 0 Å². The van der Waals surface area contributed by atoms with Crippen LogP contribution < -0.4 is 10.1 Å². The van der Waals surface area contributed by atoms with Crippen molar-refractivity contribution < 1.29 is 18.8 Å². The van der Waals surface area contributed by atoms with Gasteiger partial charge in [0.25, 0.3) is 0 Å². The Balaban J connectivity index is 1.30. The van der Waals surface area contributed by atoms with Crippen molar-refractivity contribution in [2.75, 3.05) is 0 Å². The summed E-state index contributed by atoms with van der Waals surface area (Å²) in [6, 6.07) is 5.03. The lowest BCUT2D eigenvalue weighted by Crippen LogP contribution is -2.77. The lowest BCUT2D eigenvalue weighted by Gasteiger charge is -2.68. The molecule has 0 saturated heterocycles. The van der Waals surface area contributed by atoms with Gasteiger partial charge in [-0.2, -0.15) is 4.98 Å². The van der Waals surface area contributed by atoms with Gasteiger partial charge in [-0.05, 0) is 52.2 Å². The third kappa shape index (κ3) is 3.65. The van der Waals surface area contributed by atoms with Crippen LogP contribution in [-0.4, -0.2) is 27.4 Å². The van der Waals surface area contributed by atoms with E-state index in [0.29, 0.717) is 27.5 Å². The van der Waals surface area contributed by atoms with Crippen LogP contribution in [0.4, 0.5) is 4.79 Å². The Labute approximate surface area is 172 Å². The first-order chi connectivity index (χ1) is 13.1. The molecule has 7 nitrogen and oxygen atoms in total. The maximum atomic E-state index is 12.0. The predicted molar refractivity (Wildman–Crippen MR) is 103 cm³/mol. The highest BCUT2D eigenvalue weighted by Crippen LogP contribution is 2.67. The zero-order chi connectivity index (χ0) is 20.2. The number of hydrogen-bond donors (Lipinski definition) is 1. The molecule has 0 unspecified atom stereocenters. The molecule has 1 amide bonds. The monoisotopic (exact) mass is 425 g/mol. The molecule has 1 N–H and O–H groups in total. The van der Waals surface area contributed by atoms with E-state index in [0.717, 1.165) is 19.3 Å². The molecule has 2 aromatic rings. The highest BCUT2D eigenvalue weighted by Gasteiger charge is 2.72. The zero-order valence-corrected chi connectivity index (χ0v) is 17.4. The van der Waals surface area contributed by atoms with Gasteiger partial charge in [0.05, 0.1) is 15.5 Å². The number of hydrogen-bond acceptors (Lipinski definition) is 6. The minimum Gasteiger partial charge on any atom is -0.485 e. The summed E-state index contributed by atoms with van der Waals surface area (Å²) >= 11 is 11.9. The molecule has 3 aliphatic carbocycles. The molecular formula is C19H21Cl2N3O4. The largest absolute Gasteiger partial charge is 0.485 e. The third-order valence-electron chi connectivity index (χ3n) is 4.98. The highest BCUT2D eigenvalue weighted by molar-refractivity contribution is 6.42. The molecule has 1 aromatic heterocycles. The summed E-state index contributed by atoms with van der Waals surface area (Å²) in [7, 11) is 0. The molecule has 1 heterocycles. The van der Waals surface area contributed by atoms with Gasteiger partial charge in [-0.1, -0.05) is 28.4 Å². The smallest absolute Gasteiger partial charge is 0.408 e. The molecule has 3 aliphatic rings. The van der Waals surface area contributed by atoms with Gasteiger partial charge in [-0.3, -0.25) is 0 Å². The normalized spacial score (nSPS) is 25.5. The van der Waals surface area contributed by atoms with E-state index >= 15 is 0 Å². The van der Waals surface area contributed by atoms with Gasteiger partial charge in [0.15, 0.2) is 6.61 Å². The Hall–Kier alpha value is -1.99. The van der Waals surface area contributed by atoms with Crippen LogP contribution in [-0.2, 0) is 16.8 Å². The second-order valence-corrected chi connectivity index (χ2v) is 9.41. The summed E-state index contributed by atoms with van der Waals surface area (Å²) in [6.45, 7) is 5.70. The average Bonchev–Trinajstić information content (AvgIpc) is 2.97. The highest BCUT2D eigenvalue weighted by atomic mass is 35.5. The fourth-order valence-corrected chi connectivity index (χ4v) is 4.20. The van der Waals surface area contributed by atoms with Crippen LogP contribution in [0.5, 0.6) is 5.75 Å². The number of benzene rings is 1. The predicted octanol–water partition coefficient (Wildman–Crippen LogP) is 4.65. The minimum atomic E-state index is -0.513. The topological polar surface area (TPSA) is 86.5 Å². The van der Waals surface area contributed by atoms with E-state index in [-0.39, 0.29) is 23.7 Å². The van der Waals surface area contributed by atoms with Gasteiger partial charge in [0.2, 0.25) is 11.7 Å². The van der Waals surface area contributed by atoms with Gasteiger partial charge in [0.1, 0.15) is 11.4 Å². The number of alkyl carbamates (subject to hydrolysis) is 1. The van der Waals surface area contributed by atoms with E-state index in [1.807, 2.05) is 20.8 Å². The second-order valence-electron chi connectivity index (χ2n) is 8.60. The van der Waals surface area contributed by atoms with Crippen molar-refractivity contribution in [2.24, 2.45) is 0 Å². The summed E-state index contributed by atoms with van der Waals surface area (Å²) in [6.07, 6.45) is 1.93. The number of nitrogens with zero attached hydrogens (tertiary/aromatic N) is 2. The number of rotatable bonds is 5. The maximum Gasteiger partial charge on any atom is 0.408 e. The Morgan fingerprint density at radius 2 is 1.96 bits per heavy atom. The van der Waals surface area contributed by atoms with E-state index in [4.69, 9.17) is 37.2 Å². The van der Waals surface area contributed by atoms with Gasteiger partial charge in [-0.25, -0.2) is 4.79 Å². The van der Waals surface area contributed by atoms with Crippen LogP contribution in [0.15, 0.2) is 22.7 Å². The molecule has 0 aliphatic heterocycles. The number of carbonyl (C=O) groups is 1. The molecule has 2 bridgehead atoms. The first kappa shape index (κ1) is 19.3. The van der Waals surface area contributed by atoms with Crippen molar-refractivity contribution in [3.8, 4) is 5.75 Å². The fourth-order valence-electron chi connectivity index (χ4n) is 3.91. The summed E-state index contributed by atoms with van der Waals surface area (Å²) in [5.74, 6) is 1.62. The van der Waals surface area contributed by atoms with Gasteiger partial charge in [-0.15, -0.1) is 0 Å². The van der Waals surface area contributed by atoms with E-state index in [2.05, 4.69) is 15.5 Å². The van der Waals surface area contributed by atoms with Gasteiger partial charge in [0, 0.05) is 11.6 Å². The molecular weight excluding hydrogens is 405 g/mol. The molecule has 3 saturated carbocycles. The van der Waals surface area contributed by atoms with Crippen molar-refractivity contribution in [1.29, 1.82) is 0 Å². The molecule has 28 heavy (non-hydrogen) atoms. The SMILES string of the molecule is CC(C)(C)OC(=O)NC12CC(c3nc(COc4ccc(Cl)c(Cl)c4)no3)(C1)C2. The van der Waals surface area contributed by atoms with Crippen molar-refractivity contribution in [3.63, 3.8) is 0 Å². The summed E-state index contributed by atoms with van der Waals surface area (Å²) < 4.78 is 16.4. The van der Waals surface area contributed by atoms with E-state index in [1.165, 1.54) is 0 Å².